The van der Waals surface area contributed by atoms with Crippen molar-refractivity contribution in [2.75, 3.05) is 6.54 Å². The highest BCUT2D eigenvalue weighted by Crippen LogP contribution is 2.57. The number of amides is 3. The number of nitrogens with zero attached hydrogens (tertiary/aromatic N) is 1. The van der Waals surface area contributed by atoms with Gasteiger partial charge in [-0.3, -0.25) is 4.79 Å². The fraction of sp³-hybridized carbons (Fsp3) is 0.250. The summed E-state index contributed by atoms with van der Waals surface area (Å²) in [6.45, 7) is 0.0647. The van der Waals surface area contributed by atoms with Gasteiger partial charge in [0.05, 0.1) is 36.0 Å². The van der Waals surface area contributed by atoms with Crippen LogP contribution < -0.4 is 10.1 Å². The van der Waals surface area contributed by atoms with Crippen LogP contribution in [0.25, 0.3) is 0 Å². The third-order valence-electron chi connectivity index (χ3n) is 8.17. The Bertz CT molecular complexity index is 1830. The Morgan fingerprint density at radius 2 is 1.47 bits per heavy atom. The molecule has 5 N–H and O–H groups in total. The van der Waals surface area contributed by atoms with Crippen LogP contribution in [0.3, 0.4) is 0 Å². The second kappa shape index (κ2) is 11.5. The summed E-state index contributed by atoms with van der Waals surface area (Å²) < 4.78 is 11.9. The SMILES string of the molecule is O=C(CCCCCNC(=O)c1cc(C(=O)O)cc2c1C(=O)OC21c2ccc(O)cc2Oc2cc(O)ccc21)O[N+]1(O)C(=O)CCC1=O. The fourth-order valence-corrected chi connectivity index (χ4v) is 5.94. The quantitative estimate of drug-likeness (QED) is 0.0741. The van der Waals surface area contributed by atoms with Crippen molar-refractivity contribution < 1.29 is 68.4 Å². The summed E-state index contributed by atoms with van der Waals surface area (Å²) in [4.78, 5) is 77.4. The van der Waals surface area contributed by atoms with Gasteiger partial charge in [0.2, 0.25) is 0 Å². The number of hydroxylamine groups is 4. The zero-order valence-corrected chi connectivity index (χ0v) is 24.5. The summed E-state index contributed by atoms with van der Waals surface area (Å²) in [7, 11) is 0. The highest BCUT2D eigenvalue weighted by molar-refractivity contribution is 6.10. The van der Waals surface area contributed by atoms with E-state index in [2.05, 4.69) is 10.2 Å². The molecule has 0 saturated carbocycles. The van der Waals surface area contributed by atoms with Crippen LogP contribution in [0.1, 0.15) is 86.3 Å². The molecule has 0 unspecified atom stereocenters. The molecule has 0 bridgehead atoms. The van der Waals surface area contributed by atoms with Gasteiger partial charge in [-0.25, -0.2) is 28.8 Å². The van der Waals surface area contributed by atoms with Crippen LogP contribution in [0.15, 0.2) is 48.5 Å². The van der Waals surface area contributed by atoms with Gasteiger partial charge in [0.1, 0.15) is 27.8 Å². The molecule has 242 valence electrons. The molecular weight excluding hydrogens is 620 g/mol. The van der Waals surface area contributed by atoms with Gasteiger partial charge in [0, 0.05) is 35.4 Å². The van der Waals surface area contributed by atoms with E-state index in [9.17, 15) is 49.3 Å². The summed E-state index contributed by atoms with van der Waals surface area (Å²) >= 11 is 0. The minimum Gasteiger partial charge on any atom is -0.508 e. The average molecular weight is 648 g/mol. The molecule has 15 nitrogen and oxygen atoms in total. The van der Waals surface area contributed by atoms with Crippen LogP contribution in [0.4, 0.5) is 0 Å². The molecule has 15 heteroatoms. The molecule has 3 aromatic carbocycles. The van der Waals surface area contributed by atoms with Gasteiger partial charge >= 0.3 is 29.7 Å². The second-order valence-electron chi connectivity index (χ2n) is 11.2. The van der Waals surface area contributed by atoms with Crippen LogP contribution in [-0.4, -0.2) is 67.5 Å². The molecule has 3 aromatic rings. The number of quaternary nitrogens is 1. The lowest BCUT2D eigenvalue weighted by Crippen LogP contribution is -2.50. The Hall–Kier alpha value is -5.80. The van der Waals surface area contributed by atoms with Crippen molar-refractivity contribution in [3.05, 3.63) is 81.9 Å². The molecule has 1 saturated heterocycles. The van der Waals surface area contributed by atoms with E-state index in [0.29, 0.717) is 12.8 Å². The first-order chi connectivity index (χ1) is 22.3. The zero-order chi connectivity index (χ0) is 33.7. The Kier molecular flexibility index (Phi) is 7.65. The van der Waals surface area contributed by atoms with Crippen molar-refractivity contribution in [3.8, 4) is 23.0 Å². The number of carbonyl (C=O) groups is 6. The summed E-state index contributed by atoms with van der Waals surface area (Å²) in [5, 5.41) is 42.9. The first kappa shape index (κ1) is 31.2. The van der Waals surface area contributed by atoms with Gasteiger partial charge in [0.15, 0.2) is 5.60 Å². The summed E-state index contributed by atoms with van der Waals surface area (Å²) in [6, 6.07) is 10.4. The molecule has 0 atom stereocenters. The molecule has 47 heavy (non-hydrogen) atoms. The number of carboxylic acid groups (broad SMARTS) is 1. The van der Waals surface area contributed by atoms with E-state index >= 15 is 0 Å². The van der Waals surface area contributed by atoms with Crippen LogP contribution >= 0.6 is 0 Å². The molecule has 1 fully saturated rings. The summed E-state index contributed by atoms with van der Waals surface area (Å²) in [5.74, 6) is -6.04. The molecule has 3 heterocycles. The van der Waals surface area contributed by atoms with E-state index < -0.39 is 46.0 Å². The van der Waals surface area contributed by atoms with Crippen molar-refractivity contribution in [2.45, 2.75) is 44.1 Å². The van der Waals surface area contributed by atoms with E-state index in [1.807, 2.05) is 0 Å². The van der Waals surface area contributed by atoms with E-state index in [0.717, 1.165) is 6.07 Å². The molecule has 3 aliphatic heterocycles. The molecule has 1 spiro atoms. The lowest BCUT2D eigenvalue weighted by Gasteiger charge is -2.36. The number of carbonyl (C=O) groups excluding carboxylic acids is 5. The van der Waals surface area contributed by atoms with Gasteiger partial charge in [-0.2, -0.15) is 5.21 Å². The number of rotatable bonds is 9. The van der Waals surface area contributed by atoms with Crippen LogP contribution in [-0.2, 0) is 29.6 Å². The molecule has 0 aromatic heterocycles. The maximum atomic E-state index is 13.6. The van der Waals surface area contributed by atoms with Crippen LogP contribution in [0.2, 0.25) is 0 Å². The molecule has 3 aliphatic rings. The van der Waals surface area contributed by atoms with Crippen LogP contribution in [0.5, 0.6) is 23.0 Å². The third kappa shape index (κ3) is 5.20. The molecule has 0 aliphatic carbocycles. The first-order valence-corrected chi connectivity index (χ1v) is 14.5. The molecule has 3 amide bonds. The fourth-order valence-electron chi connectivity index (χ4n) is 5.94. The number of hydrogen-bond acceptors (Lipinski definition) is 12. The van der Waals surface area contributed by atoms with E-state index in [4.69, 9.17) is 9.47 Å². The van der Waals surface area contributed by atoms with Gasteiger partial charge in [-0.1, -0.05) is 6.42 Å². The summed E-state index contributed by atoms with van der Waals surface area (Å²) in [5.41, 5.74) is -1.98. The number of esters is 1. The second-order valence-corrected chi connectivity index (χ2v) is 11.2. The van der Waals surface area contributed by atoms with E-state index in [1.54, 1.807) is 0 Å². The first-order valence-electron chi connectivity index (χ1n) is 14.5. The normalized spacial score (nSPS) is 16.5. The number of benzene rings is 3. The molecule has 0 radical (unpaired) electrons. The van der Waals surface area contributed by atoms with Gasteiger partial charge in [-0.05, 0) is 49.2 Å². The number of aromatic carboxylic acids is 1. The van der Waals surface area contributed by atoms with Gasteiger partial charge < -0.3 is 30.1 Å². The zero-order valence-electron chi connectivity index (χ0n) is 24.5. The van der Waals surface area contributed by atoms with Crippen LogP contribution in [0, 0.1) is 0 Å². The highest BCUT2D eigenvalue weighted by atomic mass is 17.0. The number of hydrogen-bond donors (Lipinski definition) is 5. The molecular formula is C32H27N2O13+. The number of carboxylic acids is 1. The Morgan fingerprint density at radius 1 is 0.851 bits per heavy atom. The van der Waals surface area contributed by atoms with Crippen molar-refractivity contribution >= 4 is 35.6 Å². The predicted octanol–water partition coefficient (Wildman–Crippen LogP) is 3.17. The number of ether oxygens (including phenoxy) is 2. The molecule has 6 rings (SSSR count). The number of fused-ring (bicyclic) bond motifs is 6. The maximum absolute atomic E-state index is 13.6. The van der Waals surface area contributed by atoms with Gasteiger partial charge in [0.25, 0.3) is 5.91 Å². The number of nitrogens with one attached hydrogen (secondary N) is 1. The third-order valence-corrected chi connectivity index (χ3v) is 8.17. The minimum absolute atomic E-state index is 0.0486. The smallest absolute Gasteiger partial charge is 0.397 e. The Balaban J connectivity index is 1.22. The van der Waals surface area contributed by atoms with Crippen molar-refractivity contribution in [2.24, 2.45) is 0 Å². The number of aromatic hydroxyl groups is 2. The standard InChI is InChI=1S/C32H26N2O13/c35-17-5-7-20-23(14-17)45-24-15-18(36)6-8-21(24)32(20)22-13-16(30(41)42)12-19(28(22)31(43)46-32)29(40)33-11-3-1-2-4-27(39)47-34(44)25(37)9-10-26(34)38/h5-8,12-15,44H,1-4,9-11H2,(H3-,33,35,36,40,41,42)/p+1. The number of phenols is 2. The van der Waals surface area contributed by atoms with Crippen molar-refractivity contribution in [1.82, 2.24) is 5.32 Å². The minimum atomic E-state index is -1.99. The number of phenolic OH excluding ortho intramolecular Hbond substituents is 2. The lowest BCUT2D eigenvalue weighted by molar-refractivity contribution is -1.12. The topological polar surface area (TPSA) is 223 Å². The largest absolute Gasteiger partial charge is 0.508 e. The highest BCUT2D eigenvalue weighted by Gasteiger charge is 2.56. The Morgan fingerprint density at radius 3 is 2.06 bits per heavy atom. The van der Waals surface area contributed by atoms with E-state index in [-0.39, 0.29) is 88.6 Å². The van der Waals surface area contributed by atoms with Crippen molar-refractivity contribution in [1.29, 1.82) is 0 Å². The lowest BCUT2D eigenvalue weighted by atomic mass is 9.76. The Labute approximate surface area is 265 Å². The van der Waals surface area contributed by atoms with Crippen molar-refractivity contribution in [3.63, 3.8) is 0 Å². The maximum Gasteiger partial charge on any atom is 0.397 e. The number of unbranched alkanes of at least 4 members (excludes halogenated alkanes) is 2. The average Bonchev–Trinajstić information content (AvgIpc) is 3.45. The van der Waals surface area contributed by atoms with Gasteiger partial charge in [-0.15, -0.1) is 0 Å². The monoisotopic (exact) mass is 647 g/mol. The number of imide groups is 1. The van der Waals surface area contributed by atoms with E-state index in [1.165, 1.54) is 42.5 Å². The predicted molar refractivity (Wildman–Crippen MR) is 153 cm³/mol. The summed E-state index contributed by atoms with van der Waals surface area (Å²) in [6.07, 6.45) is 0.291.